The van der Waals surface area contributed by atoms with Gasteiger partial charge >= 0.3 is 6.18 Å². The second-order valence-electron chi connectivity index (χ2n) is 4.96. The smallest absolute Gasteiger partial charge is 0.353 e. The molecule has 0 amide bonds. The average molecular weight is 285 g/mol. The molecule has 0 saturated carbocycles. The predicted molar refractivity (Wildman–Crippen MR) is 67.4 cm³/mol. The van der Waals surface area contributed by atoms with Gasteiger partial charge in [-0.3, -0.25) is 0 Å². The summed E-state index contributed by atoms with van der Waals surface area (Å²) in [7, 11) is 0. The van der Waals surface area contributed by atoms with Crippen LogP contribution < -0.4 is 10.6 Å². The molecule has 1 aliphatic heterocycles. The first kappa shape index (κ1) is 13.2. The number of hydrogen-bond acceptors (Lipinski definition) is 4. The molecule has 1 fully saturated rings. The molecule has 2 aromatic heterocycles. The largest absolute Gasteiger partial charge is 0.435 e. The number of nitrogens with two attached hydrogens (primary N) is 1. The first-order valence-corrected chi connectivity index (χ1v) is 6.37. The number of rotatable bonds is 1. The highest BCUT2D eigenvalue weighted by molar-refractivity contribution is 5.69. The Balaban J connectivity index is 2.04. The molecule has 0 spiro atoms. The van der Waals surface area contributed by atoms with Gasteiger partial charge in [0, 0.05) is 37.6 Å². The molecule has 108 valence electrons. The molecule has 5 nitrogen and oxygen atoms in total. The lowest BCUT2D eigenvalue weighted by Gasteiger charge is -2.31. The zero-order chi connectivity index (χ0) is 14.3. The molecule has 0 aliphatic carbocycles. The minimum atomic E-state index is -4.46. The second-order valence-corrected chi connectivity index (χ2v) is 4.96. The van der Waals surface area contributed by atoms with E-state index in [9.17, 15) is 13.2 Å². The molecule has 1 unspecified atom stereocenters. The third kappa shape index (κ3) is 2.31. The highest BCUT2D eigenvalue weighted by atomic mass is 19.4. The number of fused-ring (bicyclic) bond motifs is 1. The van der Waals surface area contributed by atoms with Crippen molar-refractivity contribution in [3.63, 3.8) is 0 Å². The second kappa shape index (κ2) is 4.62. The van der Waals surface area contributed by atoms with Gasteiger partial charge < -0.3 is 10.6 Å². The predicted octanol–water partition coefficient (Wildman–Crippen LogP) is 1.68. The van der Waals surface area contributed by atoms with Crippen molar-refractivity contribution in [2.24, 2.45) is 5.73 Å². The van der Waals surface area contributed by atoms with E-state index in [0.29, 0.717) is 17.9 Å². The molecule has 2 N–H and O–H groups in total. The van der Waals surface area contributed by atoms with Crippen molar-refractivity contribution in [2.45, 2.75) is 25.1 Å². The topological polar surface area (TPSA) is 59.5 Å². The Morgan fingerprint density at radius 3 is 2.85 bits per heavy atom. The standard InChI is InChI=1S/C12H14F3N5/c13-12(14,15)10-6-9-11(17-3-5-20(9)18-10)19-4-1-2-8(16)7-19/h3,5-6,8H,1-2,4,7,16H2. The van der Waals surface area contributed by atoms with Crippen LogP contribution in [0.4, 0.5) is 19.0 Å². The fourth-order valence-corrected chi connectivity index (χ4v) is 2.49. The number of nitrogens with zero attached hydrogens (tertiary/aromatic N) is 4. The maximum absolute atomic E-state index is 12.7. The van der Waals surface area contributed by atoms with Crippen LogP contribution in [0.25, 0.3) is 5.52 Å². The molecule has 1 atom stereocenters. The first-order chi connectivity index (χ1) is 9.45. The molecule has 8 heteroatoms. The summed E-state index contributed by atoms with van der Waals surface area (Å²) in [5.41, 5.74) is 5.36. The van der Waals surface area contributed by atoms with E-state index in [1.165, 1.54) is 16.9 Å². The Hall–Kier alpha value is -1.83. The summed E-state index contributed by atoms with van der Waals surface area (Å²) >= 11 is 0. The zero-order valence-corrected chi connectivity index (χ0v) is 10.6. The van der Waals surface area contributed by atoms with Crippen molar-refractivity contribution in [3.05, 3.63) is 24.2 Å². The van der Waals surface area contributed by atoms with Gasteiger partial charge in [-0.05, 0) is 12.8 Å². The quantitative estimate of drug-likeness (QED) is 0.866. The summed E-state index contributed by atoms with van der Waals surface area (Å²) < 4.78 is 39.4. The van der Waals surface area contributed by atoms with Crippen molar-refractivity contribution in [1.29, 1.82) is 0 Å². The number of alkyl halides is 3. The normalized spacial score (nSPS) is 20.6. The van der Waals surface area contributed by atoms with Crippen molar-refractivity contribution < 1.29 is 13.2 Å². The molecular weight excluding hydrogens is 271 g/mol. The minimum absolute atomic E-state index is 0.0239. The Morgan fingerprint density at radius 2 is 2.15 bits per heavy atom. The molecular formula is C12H14F3N5. The molecule has 0 aromatic carbocycles. The van der Waals surface area contributed by atoms with E-state index >= 15 is 0 Å². The number of hydrogen-bond donors (Lipinski definition) is 1. The fourth-order valence-electron chi connectivity index (χ4n) is 2.49. The fraction of sp³-hybridized carbons (Fsp3) is 0.500. The monoisotopic (exact) mass is 285 g/mol. The maximum atomic E-state index is 12.7. The lowest BCUT2D eigenvalue weighted by atomic mass is 10.1. The van der Waals surface area contributed by atoms with Gasteiger partial charge in [0.15, 0.2) is 11.5 Å². The molecule has 3 rings (SSSR count). The third-order valence-electron chi connectivity index (χ3n) is 3.42. The van der Waals surface area contributed by atoms with Crippen molar-refractivity contribution in [1.82, 2.24) is 14.6 Å². The molecule has 1 saturated heterocycles. The summed E-state index contributed by atoms with van der Waals surface area (Å²) in [5.74, 6) is 0.505. The highest BCUT2D eigenvalue weighted by Gasteiger charge is 2.34. The van der Waals surface area contributed by atoms with Gasteiger partial charge in [-0.1, -0.05) is 0 Å². The van der Waals surface area contributed by atoms with Crippen LogP contribution in [0.3, 0.4) is 0 Å². The zero-order valence-electron chi connectivity index (χ0n) is 10.6. The van der Waals surface area contributed by atoms with E-state index in [2.05, 4.69) is 10.1 Å². The van der Waals surface area contributed by atoms with Gasteiger partial charge in [0.2, 0.25) is 0 Å². The van der Waals surface area contributed by atoms with Crippen LogP contribution >= 0.6 is 0 Å². The highest BCUT2D eigenvalue weighted by Crippen LogP contribution is 2.31. The number of piperidine rings is 1. The van der Waals surface area contributed by atoms with Crippen LogP contribution in [-0.2, 0) is 6.18 Å². The van der Waals surface area contributed by atoms with Gasteiger partial charge in [-0.25, -0.2) is 9.50 Å². The van der Waals surface area contributed by atoms with E-state index in [1.807, 2.05) is 4.90 Å². The van der Waals surface area contributed by atoms with E-state index in [4.69, 9.17) is 5.73 Å². The van der Waals surface area contributed by atoms with E-state index in [-0.39, 0.29) is 6.04 Å². The minimum Gasteiger partial charge on any atom is -0.353 e. The lowest BCUT2D eigenvalue weighted by molar-refractivity contribution is -0.141. The summed E-state index contributed by atoms with van der Waals surface area (Å²) in [6, 6.07) is 1.05. The van der Waals surface area contributed by atoms with Crippen LogP contribution in [0.15, 0.2) is 18.5 Å². The molecule has 0 bridgehead atoms. The van der Waals surface area contributed by atoms with Crippen LogP contribution in [0, 0.1) is 0 Å². The van der Waals surface area contributed by atoms with Crippen molar-refractivity contribution >= 4 is 11.3 Å². The van der Waals surface area contributed by atoms with Crippen LogP contribution in [-0.4, -0.2) is 33.7 Å². The molecule has 3 heterocycles. The maximum Gasteiger partial charge on any atom is 0.435 e. The van der Waals surface area contributed by atoms with Crippen molar-refractivity contribution in [2.75, 3.05) is 18.0 Å². The number of halogens is 3. The molecule has 20 heavy (non-hydrogen) atoms. The lowest BCUT2D eigenvalue weighted by Crippen LogP contribution is -2.43. The Kier molecular flexibility index (Phi) is 3.04. The Labute approximate surface area is 113 Å². The number of anilines is 1. The van der Waals surface area contributed by atoms with E-state index in [0.717, 1.165) is 25.5 Å². The van der Waals surface area contributed by atoms with Gasteiger partial charge in [0.25, 0.3) is 0 Å². The van der Waals surface area contributed by atoms with Crippen LogP contribution in [0.5, 0.6) is 0 Å². The molecule has 1 aliphatic rings. The summed E-state index contributed by atoms with van der Waals surface area (Å²) in [5, 5.41) is 3.55. The molecule has 0 radical (unpaired) electrons. The van der Waals surface area contributed by atoms with Crippen LogP contribution in [0.1, 0.15) is 18.5 Å². The summed E-state index contributed by atoms with van der Waals surface area (Å²) in [4.78, 5) is 6.12. The van der Waals surface area contributed by atoms with Gasteiger partial charge in [0.1, 0.15) is 5.52 Å². The van der Waals surface area contributed by atoms with E-state index < -0.39 is 11.9 Å². The van der Waals surface area contributed by atoms with Gasteiger partial charge in [-0.15, -0.1) is 0 Å². The SMILES string of the molecule is NC1CCCN(c2nccn3nc(C(F)(F)F)cc23)C1. The van der Waals surface area contributed by atoms with Crippen molar-refractivity contribution in [3.8, 4) is 0 Å². The first-order valence-electron chi connectivity index (χ1n) is 6.37. The molecule has 2 aromatic rings. The number of aromatic nitrogens is 3. The van der Waals surface area contributed by atoms with E-state index in [1.54, 1.807) is 0 Å². The van der Waals surface area contributed by atoms with Gasteiger partial charge in [-0.2, -0.15) is 18.3 Å². The summed E-state index contributed by atoms with van der Waals surface area (Å²) in [6.07, 6.45) is 0.242. The Morgan fingerprint density at radius 1 is 1.35 bits per heavy atom. The third-order valence-corrected chi connectivity index (χ3v) is 3.42. The summed E-state index contributed by atoms with van der Waals surface area (Å²) in [6.45, 7) is 1.34. The Bertz CT molecular complexity index is 621. The van der Waals surface area contributed by atoms with Crippen LogP contribution in [0.2, 0.25) is 0 Å². The average Bonchev–Trinajstić information content (AvgIpc) is 2.82. The van der Waals surface area contributed by atoms with Gasteiger partial charge in [0.05, 0.1) is 0 Å².